The largest absolute Gasteiger partial charge is 0.366 e. The van der Waals surface area contributed by atoms with Gasteiger partial charge in [0.2, 0.25) is 0 Å². The maximum absolute atomic E-state index is 14.4. The van der Waals surface area contributed by atoms with Crippen molar-refractivity contribution in [1.29, 1.82) is 0 Å². The molecule has 0 spiro atoms. The first-order valence-electron chi connectivity index (χ1n) is 9.97. The number of hydrogen-bond donors (Lipinski definition) is 0. The second-order valence-corrected chi connectivity index (χ2v) is 7.29. The molecule has 4 aromatic rings. The third-order valence-electron chi connectivity index (χ3n) is 5.47. The van der Waals surface area contributed by atoms with Crippen LogP contribution in [0, 0.1) is 11.6 Å². The molecule has 3 aromatic carbocycles. The Balaban J connectivity index is 1.50. The summed E-state index contributed by atoms with van der Waals surface area (Å²) < 4.78 is 28.6. The lowest BCUT2D eigenvalue weighted by Gasteiger charge is -2.37. The molecule has 0 amide bonds. The molecule has 0 aliphatic carbocycles. The monoisotopic (exact) mass is 402 g/mol. The SMILES string of the molecule is Fc1ccccc1-c1nc(N2CCN(c3ccccc3F)CC2)c2ccccc2n1. The van der Waals surface area contributed by atoms with E-state index < -0.39 is 0 Å². The van der Waals surface area contributed by atoms with Crippen LogP contribution >= 0.6 is 0 Å². The lowest BCUT2D eigenvalue weighted by molar-refractivity contribution is 0.596. The zero-order valence-electron chi connectivity index (χ0n) is 16.3. The van der Waals surface area contributed by atoms with E-state index in [1.165, 1.54) is 12.1 Å². The summed E-state index contributed by atoms with van der Waals surface area (Å²) in [6.45, 7) is 2.72. The first-order chi connectivity index (χ1) is 14.7. The van der Waals surface area contributed by atoms with Crippen molar-refractivity contribution >= 4 is 22.4 Å². The molecule has 0 atom stereocenters. The van der Waals surface area contributed by atoms with Gasteiger partial charge in [-0.2, -0.15) is 0 Å². The molecule has 0 saturated carbocycles. The second-order valence-electron chi connectivity index (χ2n) is 7.29. The summed E-state index contributed by atoms with van der Waals surface area (Å²) >= 11 is 0. The molecule has 1 aliphatic rings. The summed E-state index contributed by atoms with van der Waals surface area (Å²) in [5.41, 5.74) is 1.78. The predicted molar refractivity (Wildman–Crippen MR) is 116 cm³/mol. The first kappa shape index (κ1) is 18.5. The van der Waals surface area contributed by atoms with Gasteiger partial charge in [0.05, 0.1) is 16.8 Å². The highest BCUT2D eigenvalue weighted by Crippen LogP contribution is 2.30. The van der Waals surface area contributed by atoms with Gasteiger partial charge in [-0.3, -0.25) is 0 Å². The van der Waals surface area contributed by atoms with E-state index >= 15 is 0 Å². The number of nitrogens with zero attached hydrogens (tertiary/aromatic N) is 4. The Labute approximate surface area is 173 Å². The maximum atomic E-state index is 14.4. The third-order valence-corrected chi connectivity index (χ3v) is 5.47. The topological polar surface area (TPSA) is 32.3 Å². The van der Waals surface area contributed by atoms with Crippen LogP contribution in [0.4, 0.5) is 20.3 Å². The fraction of sp³-hybridized carbons (Fsp3) is 0.167. The van der Waals surface area contributed by atoms with Crippen molar-refractivity contribution in [2.75, 3.05) is 36.0 Å². The van der Waals surface area contributed by atoms with Gasteiger partial charge in [0.15, 0.2) is 5.82 Å². The molecule has 150 valence electrons. The normalized spacial score (nSPS) is 14.3. The van der Waals surface area contributed by atoms with Crippen molar-refractivity contribution in [2.24, 2.45) is 0 Å². The highest BCUT2D eigenvalue weighted by Gasteiger charge is 2.23. The van der Waals surface area contributed by atoms with E-state index in [0.717, 1.165) is 16.7 Å². The molecule has 4 nitrogen and oxygen atoms in total. The van der Waals surface area contributed by atoms with Crippen molar-refractivity contribution in [3.05, 3.63) is 84.4 Å². The second kappa shape index (κ2) is 7.71. The molecule has 30 heavy (non-hydrogen) atoms. The van der Waals surface area contributed by atoms with Crippen LogP contribution in [0.15, 0.2) is 72.8 Å². The zero-order chi connectivity index (χ0) is 20.5. The molecular weight excluding hydrogens is 382 g/mol. The van der Waals surface area contributed by atoms with Crippen LogP contribution in [0.3, 0.4) is 0 Å². The summed E-state index contributed by atoms with van der Waals surface area (Å²) in [6.07, 6.45) is 0. The quantitative estimate of drug-likeness (QED) is 0.488. The van der Waals surface area contributed by atoms with Gasteiger partial charge in [-0.15, -0.1) is 0 Å². The molecule has 0 N–H and O–H groups in total. The number of hydrogen-bond acceptors (Lipinski definition) is 4. The van der Waals surface area contributed by atoms with Gasteiger partial charge in [0, 0.05) is 31.6 Å². The van der Waals surface area contributed by atoms with Gasteiger partial charge in [0.25, 0.3) is 0 Å². The molecule has 1 fully saturated rings. The average Bonchev–Trinajstić information content (AvgIpc) is 2.79. The minimum absolute atomic E-state index is 0.208. The lowest BCUT2D eigenvalue weighted by atomic mass is 10.1. The standard InChI is InChI=1S/C24H20F2N4/c25-19-9-3-1-7-17(19)23-27-21-11-5-2-8-18(21)24(28-23)30-15-13-29(14-16-30)22-12-6-4-10-20(22)26/h1-12H,13-16H2. The Hall–Kier alpha value is -3.54. The van der Waals surface area contributed by atoms with Crippen LogP contribution < -0.4 is 9.80 Å². The van der Waals surface area contributed by atoms with Crippen LogP contribution in [0.5, 0.6) is 0 Å². The van der Waals surface area contributed by atoms with Gasteiger partial charge in [-0.1, -0.05) is 36.4 Å². The minimum atomic E-state index is -0.344. The molecule has 0 bridgehead atoms. The number of anilines is 2. The van der Waals surface area contributed by atoms with Gasteiger partial charge in [-0.05, 0) is 36.4 Å². The Morgan fingerprint density at radius 1 is 0.633 bits per heavy atom. The summed E-state index contributed by atoms with van der Waals surface area (Å²) in [5.74, 6) is 0.605. The Bertz CT molecular complexity index is 1200. The van der Waals surface area contributed by atoms with Crippen LogP contribution in [-0.4, -0.2) is 36.1 Å². The van der Waals surface area contributed by atoms with E-state index in [9.17, 15) is 8.78 Å². The highest BCUT2D eigenvalue weighted by atomic mass is 19.1. The fourth-order valence-electron chi connectivity index (χ4n) is 3.93. The van der Waals surface area contributed by atoms with Crippen LogP contribution in [0.1, 0.15) is 0 Å². The van der Waals surface area contributed by atoms with Crippen molar-refractivity contribution in [3.63, 3.8) is 0 Å². The van der Waals surface area contributed by atoms with Crippen LogP contribution in [0.2, 0.25) is 0 Å². The first-order valence-corrected chi connectivity index (χ1v) is 9.97. The summed E-state index contributed by atoms with van der Waals surface area (Å²) in [5, 5.41) is 0.928. The fourth-order valence-corrected chi connectivity index (χ4v) is 3.93. The molecule has 1 aliphatic heterocycles. The van der Waals surface area contributed by atoms with E-state index in [1.54, 1.807) is 30.3 Å². The van der Waals surface area contributed by atoms with E-state index in [0.29, 0.717) is 43.3 Å². The van der Waals surface area contributed by atoms with E-state index in [-0.39, 0.29) is 11.6 Å². The Kier molecular flexibility index (Phi) is 4.75. The number of benzene rings is 3. The van der Waals surface area contributed by atoms with Gasteiger partial charge >= 0.3 is 0 Å². The molecule has 6 heteroatoms. The predicted octanol–water partition coefficient (Wildman–Crippen LogP) is 4.90. The average molecular weight is 402 g/mol. The Morgan fingerprint density at radius 3 is 2.03 bits per heavy atom. The summed E-state index contributed by atoms with van der Waals surface area (Å²) in [6, 6.07) is 21.2. The van der Waals surface area contributed by atoms with Crippen molar-refractivity contribution in [2.45, 2.75) is 0 Å². The smallest absolute Gasteiger partial charge is 0.165 e. The number of halogens is 2. The molecule has 1 aromatic heterocycles. The number of fused-ring (bicyclic) bond motifs is 1. The van der Waals surface area contributed by atoms with Gasteiger partial charge < -0.3 is 9.80 Å². The Morgan fingerprint density at radius 2 is 1.27 bits per heavy atom. The molecular formula is C24H20F2N4. The summed E-state index contributed by atoms with van der Waals surface area (Å²) in [7, 11) is 0. The van der Waals surface area contributed by atoms with Gasteiger partial charge in [0.1, 0.15) is 17.5 Å². The van der Waals surface area contributed by atoms with Crippen LogP contribution in [0.25, 0.3) is 22.3 Å². The third kappa shape index (κ3) is 3.34. The van der Waals surface area contributed by atoms with E-state index in [1.807, 2.05) is 35.2 Å². The van der Waals surface area contributed by atoms with Crippen molar-refractivity contribution in [3.8, 4) is 11.4 Å². The highest BCUT2D eigenvalue weighted by molar-refractivity contribution is 5.91. The van der Waals surface area contributed by atoms with Crippen molar-refractivity contribution < 1.29 is 8.78 Å². The molecule has 2 heterocycles. The summed E-state index contributed by atoms with van der Waals surface area (Å²) in [4.78, 5) is 13.6. The number of rotatable bonds is 3. The minimum Gasteiger partial charge on any atom is -0.366 e. The zero-order valence-corrected chi connectivity index (χ0v) is 16.3. The molecule has 1 saturated heterocycles. The van der Waals surface area contributed by atoms with E-state index in [4.69, 9.17) is 4.98 Å². The van der Waals surface area contributed by atoms with E-state index in [2.05, 4.69) is 9.88 Å². The number of para-hydroxylation sites is 2. The lowest BCUT2D eigenvalue weighted by Crippen LogP contribution is -2.47. The maximum Gasteiger partial charge on any atom is 0.165 e. The van der Waals surface area contributed by atoms with Crippen molar-refractivity contribution in [1.82, 2.24) is 9.97 Å². The van der Waals surface area contributed by atoms with Crippen LogP contribution in [-0.2, 0) is 0 Å². The van der Waals surface area contributed by atoms with Gasteiger partial charge in [-0.25, -0.2) is 18.7 Å². The molecule has 0 unspecified atom stereocenters. The number of piperazine rings is 1. The molecule has 5 rings (SSSR count). The molecule has 0 radical (unpaired) electrons. The number of aromatic nitrogens is 2.